The van der Waals surface area contributed by atoms with E-state index in [0.29, 0.717) is 47.5 Å². The highest BCUT2D eigenvalue weighted by atomic mass is 35.5. The number of aliphatic hydroxyl groups excluding tert-OH is 1. The molecule has 2 aliphatic rings. The predicted octanol–water partition coefficient (Wildman–Crippen LogP) is 6.14. The lowest BCUT2D eigenvalue weighted by atomic mass is 10.1. The van der Waals surface area contributed by atoms with E-state index in [4.69, 9.17) is 42.5 Å². The van der Waals surface area contributed by atoms with Gasteiger partial charge in [-0.25, -0.2) is 14.5 Å². The van der Waals surface area contributed by atoms with Crippen LogP contribution in [0.3, 0.4) is 0 Å². The average molecular weight is 743 g/mol. The van der Waals surface area contributed by atoms with E-state index in [1.807, 2.05) is 37.3 Å². The molecule has 3 heterocycles. The highest BCUT2D eigenvalue weighted by Crippen LogP contribution is 2.40. The lowest BCUT2D eigenvalue weighted by Gasteiger charge is -2.37. The van der Waals surface area contributed by atoms with Crippen molar-refractivity contribution in [3.8, 4) is 5.75 Å². The van der Waals surface area contributed by atoms with Crippen molar-refractivity contribution in [3.63, 3.8) is 0 Å². The topological polar surface area (TPSA) is 117 Å². The molecular weight excluding hydrogens is 701 g/mol. The third kappa shape index (κ3) is 8.95. The number of carbonyl (C=O) groups excluding carboxylic acids is 1. The minimum atomic E-state index is -1.16. The molecular formula is C35H41Cl2N7O5S. The number of amides is 2. The summed E-state index contributed by atoms with van der Waals surface area (Å²) in [5.74, 6) is 0.277. The molecule has 266 valence electrons. The fourth-order valence-corrected chi connectivity index (χ4v) is 7.30. The van der Waals surface area contributed by atoms with E-state index < -0.39 is 5.79 Å². The summed E-state index contributed by atoms with van der Waals surface area (Å²) in [6.07, 6.45) is 3.38. The highest BCUT2D eigenvalue weighted by Gasteiger charge is 2.45. The van der Waals surface area contributed by atoms with E-state index in [2.05, 4.69) is 49.5 Å². The summed E-state index contributed by atoms with van der Waals surface area (Å²) in [7, 11) is 0. The second-order valence-electron chi connectivity index (χ2n) is 11.9. The lowest BCUT2D eigenvalue weighted by molar-refractivity contribution is -0.190. The molecule has 0 saturated carbocycles. The van der Waals surface area contributed by atoms with Gasteiger partial charge in [0, 0.05) is 72.7 Å². The van der Waals surface area contributed by atoms with E-state index >= 15 is 0 Å². The molecule has 0 aliphatic carbocycles. The molecule has 2 fully saturated rings. The Balaban J connectivity index is 0.978. The van der Waals surface area contributed by atoms with E-state index in [0.717, 1.165) is 49.0 Å². The number of benzene rings is 3. The monoisotopic (exact) mass is 741 g/mol. The van der Waals surface area contributed by atoms with Crippen LogP contribution in [-0.2, 0) is 21.8 Å². The van der Waals surface area contributed by atoms with Gasteiger partial charge in [-0.05, 0) is 86.0 Å². The first-order chi connectivity index (χ1) is 24.4. The number of ether oxygens (including phenoxy) is 3. The zero-order chi connectivity index (χ0) is 34.9. The number of piperazine rings is 1. The van der Waals surface area contributed by atoms with Crippen LogP contribution >= 0.6 is 35.1 Å². The van der Waals surface area contributed by atoms with E-state index in [-0.39, 0.29) is 25.3 Å². The van der Waals surface area contributed by atoms with Crippen molar-refractivity contribution >= 4 is 58.2 Å². The van der Waals surface area contributed by atoms with Crippen molar-refractivity contribution in [2.45, 2.75) is 31.8 Å². The van der Waals surface area contributed by atoms with Gasteiger partial charge >= 0.3 is 6.03 Å². The number of carbonyl (C=O) groups is 1. The molecule has 2 atom stereocenters. The Morgan fingerprint density at radius 1 is 1.06 bits per heavy atom. The van der Waals surface area contributed by atoms with Crippen LogP contribution in [0.1, 0.15) is 18.9 Å². The largest absolute Gasteiger partial charge is 0.491 e. The van der Waals surface area contributed by atoms with Crippen LogP contribution in [0.15, 0.2) is 79.4 Å². The van der Waals surface area contributed by atoms with Crippen LogP contribution in [0.25, 0.3) is 0 Å². The van der Waals surface area contributed by atoms with Gasteiger partial charge < -0.3 is 34.4 Å². The van der Waals surface area contributed by atoms with E-state index in [1.54, 1.807) is 27.4 Å². The maximum absolute atomic E-state index is 12.6. The number of halogens is 2. The number of hydrogen-bond donors (Lipinski definition) is 2. The number of urea groups is 1. The number of aliphatic hydroxyl groups is 1. The van der Waals surface area contributed by atoms with Crippen molar-refractivity contribution in [2.24, 2.45) is 0 Å². The molecule has 2 amide bonds. The highest BCUT2D eigenvalue weighted by molar-refractivity contribution is 7.97. The van der Waals surface area contributed by atoms with Crippen LogP contribution < -0.4 is 19.9 Å². The summed E-state index contributed by atoms with van der Waals surface area (Å²) in [4.78, 5) is 21.4. The lowest BCUT2D eigenvalue weighted by Crippen LogP contribution is -2.46. The average Bonchev–Trinajstić information content (AvgIpc) is 3.80. The van der Waals surface area contributed by atoms with Crippen LogP contribution in [0.2, 0.25) is 10.0 Å². The molecule has 15 heteroatoms. The van der Waals surface area contributed by atoms with Crippen LogP contribution in [0, 0.1) is 0 Å². The molecule has 0 bridgehead atoms. The SMILES string of the molecule is CCN(SCCCO)C(=O)Nc1ccc(N2CCN(c3ccc(OCC4COC(Cn5cncn5)(c5ccc(Cl)cc5Cl)O4)cc3)CC2)cc1. The number of nitrogens with zero attached hydrogens (tertiary/aromatic N) is 6. The molecule has 3 aromatic carbocycles. The predicted molar refractivity (Wildman–Crippen MR) is 197 cm³/mol. The fraction of sp³-hybridized carbons (Fsp3) is 0.400. The van der Waals surface area contributed by atoms with Crippen molar-refractivity contribution in [1.29, 1.82) is 0 Å². The minimum absolute atomic E-state index is 0.120. The zero-order valence-corrected chi connectivity index (χ0v) is 30.1. The van der Waals surface area contributed by atoms with Crippen LogP contribution in [0.5, 0.6) is 5.75 Å². The maximum Gasteiger partial charge on any atom is 0.331 e. The molecule has 0 radical (unpaired) electrons. The number of aromatic nitrogens is 3. The molecule has 2 aliphatic heterocycles. The Labute approximate surface area is 306 Å². The van der Waals surface area contributed by atoms with Crippen molar-refractivity contribution in [1.82, 2.24) is 19.1 Å². The maximum atomic E-state index is 12.6. The number of rotatable bonds is 14. The smallest absolute Gasteiger partial charge is 0.331 e. The Morgan fingerprint density at radius 2 is 1.76 bits per heavy atom. The molecule has 2 saturated heterocycles. The Hall–Kier alpha value is -3.72. The molecule has 2 N–H and O–H groups in total. The van der Waals surface area contributed by atoms with Gasteiger partial charge in [0.05, 0.1) is 11.6 Å². The molecule has 6 rings (SSSR count). The summed E-state index contributed by atoms with van der Waals surface area (Å²) >= 11 is 14.2. The number of hydrogen-bond acceptors (Lipinski definition) is 10. The van der Waals surface area contributed by atoms with Gasteiger partial charge in [0.25, 0.3) is 0 Å². The van der Waals surface area contributed by atoms with Gasteiger partial charge in [-0.1, -0.05) is 29.3 Å². The van der Waals surface area contributed by atoms with E-state index in [1.165, 1.54) is 18.3 Å². The first kappa shape index (κ1) is 36.1. The summed E-state index contributed by atoms with van der Waals surface area (Å²) < 4.78 is 22.2. The summed E-state index contributed by atoms with van der Waals surface area (Å²) in [6, 6.07) is 21.2. The quantitative estimate of drug-likeness (QED) is 0.115. The Morgan fingerprint density at radius 3 is 2.38 bits per heavy atom. The fourth-order valence-electron chi connectivity index (χ4n) is 5.92. The molecule has 4 aromatic rings. The normalized spacial score (nSPS) is 19.1. The molecule has 0 spiro atoms. The van der Waals surface area contributed by atoms with Gasteiger partial charge in [-0.15, -0.1) is 0 Å². The van der Waals surface area contributed by atoms with Crippen molar-refractivity contribution < 1.29 is 24.1 Å². The summed E-state index contributed by atoms with van der Waals surface area (Å²) in [6.45, 7) is 7.03. The van der Waals surface area contributed by atoms with Gasteiger partial charge in [0.2, 0.25) is 5.79 Å². The number of nitrogens with one attached hydrogen (secondary N) is 1. The molecule has 1 aromatic heterocycles. The second-order valence-corrected chi connectivity index (χ2v) is 13.8. The summed E-state index contributed by atoms with van der Waals surface area (Å²) in [5.41, 5.74) is 3.68. The first-order valence-electron chi connectivity index (χ1n) is 16.6. The van der Waals surface area contributed by atoms with Gasteiger partial charge in [-0.3, -0.25) is 4.31 Å². The minimum Gasteiger partial charge on any atom is -0.491 e. The molecule has 2 unspecified atom stereocenters. The Bertz CT molecular complexity index is 1680. The molecule has 12 nitrogen and oxygen atoms in total. The van der Waals surface area contributed by atoms with Gasteiger partial charge in [0.1, 0.15) is 37.7 Å². The Kier molecular flexibility index (Phi) is 12.3. The first-order valence-corrected chi connectivity index (χ1v) is 18.3. The van der Waals surface area contributed by atoms with Crippen molar-refractivity contribution in [2.75, 3.05) is 73.4 Å². The molecule has 50 heavy (non-hydrogen) atoms. The van der Waals surface area contributed by atoms with Gasteiger partial charge in [-0.2, -0.15) is 5.10 Å². The standard InChI is InChI=1S/C35H41Cl2N7O5S/c1-2-44(50-19-3-18-45)34(46)40-27-5-7-28(8-6-27)41-14-16-42(17-15-41)29-9-11-30(12-10-29)47-21-31-22-48-35(49-31,23-43-25-38-24-39-43)32-13-4-26(36)20-33(32)37/h4-13,20,24-25,31,45H,2-3,14-19,21-23H2,1H3,(H,40,46). The summed E-state index contributed by atoms with van der Waals surface area (Å²) in [5, 5.41) is 17.2. The second kappa shape index (κ2) is 17.0. The van der Waals surface area contributed by atoms with Crippen LogP contribution in [-0.4, -0.2) is 94.6 Å². The van der Waals surface area contributed by atoms with Crippen LogP contribution in [0.4, 0.5) is 21.9 Å². The third-order valence-corrected chi connectivity index (χ3v) is 10.3. The number of anilines is 3. The zero-order valence-electron chi connectivity index (χ0n) is 27.8. The van der Waals surface area contributed by atoms with Gasteiger partial charge in [0.15, 0.2) is 0 Å². The van der Waals surface area contributed by atoms with Crippen molar-refractivity contribution in [3.05, 3.63) is 95.0 Å². The third-order valence-electron chi connectivity index (χ3n) is 8.50. The van der Waals surface area contributed by atoms with E-state index in [9.17, 15) is 4.79 Å².